The molecule has 0 radical (unpaired) electrons. The lowest BCUT2D eigenvalue weighted by atomic mass is 10.0. The second-order valence-corrected chi connectivity index (χ2v) is 9.99. The predicted molar refractivity (Wildman–Crippen MR) is 119 cm³/mol. The number of ketones is 1. The number of halogens is 1. The van der Waals surface area contributed by atoms with Crippen LogP contribution in [0.3, 0.4) is 0 Å². The Morgan fingerprint density at radius 3 is 2.88 bits per heavy atom. The van der Waals surface area contributed by atoms with Crippen LogP contribution in [0.15, 0.2) is 31.0 Å². The molecule has 13 heteroatoms. The Morgan fingerprint density at radius 1 is 1.38 bits per heavy atom. The third kappa shape index (κ3) is 5.61. The number of aliphatic hydroxyl groups excluding tert-OH is 1. The predicted octanol–water partition coefficient (Wildman–Crippen LogP) is 0.668. The lowest BCUT2D eigenvalue weighted by molar-refractivity contribution is 0.0248. The van der Waals surface area contributed by atoms with Gasteiger partial charge in [0.1, 0.15) is 30.5 Å². The van der Waals surface area contributed by atoms with E-state index in [1.807, 2.05) is 15.5 Å². The summed E-state index contributed by atoms with van der Waals surface area (Å²) in [5, 5.41) is 12.9. The summed E-state index contributed by atoms with van der Waals surface area (Å²) in [7, 11) is -2.97. The van der Waals surface area contributed by atoms with E-state index in [0.29, 0.717) is 11.5 Å². The first-order valence-corrected chi connectivity index (χ1v) is 12.5. The Labute approximate surface area is 196 Å². The number of nitrogens with one attached hydrogen (secondary N) is 2. The summed E-state index contributed by atoms with van der Waals surface area (Å²) in [6.07, 6.45) is 3.16. The fraction of sp³-hybridized carbons (Fsp3) is 0.571. The van der Waals surface area contributed by atoms with Gasteiger partial charge in [0.15, 0.2) is 5.78 Å². The van der Waals surface area contributed by atoms with Gasteiger partial charge in [0.25, 0.3) is 0 Å². The van der Waals surface area contributed by atoms with Crippen LogP contribution in [0.25, 0.3) is 0 Å². The number of nitrogens with zero attached hydrogens (tertiary/aromatic N) is 3. The van der Waals surface area contributed by atoms with Crippen LogP contribution in [0.4, 0.5) is 10.2 Å². The van der Waals surface area contributed by atoms with Crippen molar-refractivity contribution < 1.29 is 31.6 Å². The van der Waals surface area contributed by atoms with Crippen LogP contribution in [0, 0.1) is 5.92 Å². The van der Waals surface area contributed by atoms with Crippen molar-refractivity contribution in [1.29, 1.82) is 0 Å². The molecule has 2 aromatic rings. The van der Waals surface area contributed by atoms with Gasteiger partial charge in [-0.15, -0.1) is 0 Å². The second kappa shape index (κ2) is 10.4. The smallest absolute Gasteiger partial charge is 0.335 e. The van der Waals surface area contributed by atoms with Crippen LogP contribution in [-0.4, -0.2) is 78.5 Å². The molecule has 0 aromatic carbocycles. The molecule has 2 aromatic heterocycles. The lowest BCUT2D eigenvalue weighted by Gasteiger charge is -2.22. The number of aromatic nitrogens is 3. The summed E-state index contributed by atoms with van der Waals surface area (Å²) in [6.45, 7) is 2.27. The molecule has 0 spiro atoms. The van der Waals surface area contributed by atoms with E-state index in [1.54, 1.807) is 12.3 Å². The number of hydrogen-bond donors (Lipinski definition) is 3. The summed E-state index contributed by atoms with van der Waals surface area (Å²) in [6, 6.07) is 0.689. The lowest BCUT2D eigenvalue weighted by Crippen LogP contribution is -2.35. The summed E-state index contributed by atoms with van der Waals surface area (Å²) < 4.78 is 52.2. The van der Waals surface area contributed by atoms with Crippen LogP contribution >= 0.6 is 0 Å². The number of anilines is 1. The number of carbonyl (C=O) groups is 1. The van der Waals surface area contributed by atoms with Crippen LogP contribution in [0.2, 0.25) is 0 Å². The maximum atomic E-state index is 14.7. The molecular formula is C21H28FN5O6S. The van der Waals surface area contributed by atoms with Crippen LogP contribution in [-0.2, 0) is 25.8 Å². The number of rotatable bonds is 9. The summed E-state index contributed by atoms with van der Waals surface area (Å²) >= 11 is 0. The molecule has 1 aliphatic carbocycles. The van der Waals surface area contributed by atoms with E-state index in [-0.39, 0.29) is 23.6 Å². The second-order valence-electron chi connectivity index (χ2n) is 8.48. The summed E-state index contributed by atoms with van der Waals surface area (Å²) in [5.41, 5.74) is 0.578. The van der Waals surface area contributed by atoms with Gasteiger partial charge in [0.05, 0.1) is 11.6 Å². The maximum absolute atomic E-state index is 14.7. The zero-order chi connectivity index (χ0) is 24.3. The molecule has 1 saturated carbocycles. The molecule has 34 heavy (non-hydrogen) atoms. The highest BCUT2D eigenvalue weighted by molar-refractivity contribution is 7.84. The Bertz CT molecular complexity index is 1110. The third-order valence-corrected chi connectivity index (χ3v) is 7.18. The molecular weight excluding hydrogens is 469 g/mol. The van der Waals surface area contributed by atoms with Crippen molar-refractivity contribution in [2.24, 2.45) is 5.92 Å². The summed E-state index contributed by atoms with van der Waals surface area (Å²) in [5.74, 6) is 0.237. The van der Waals surface area contributed by atoms with E-state index in [4.69, 9.17) is 8.92 Å². The highest BCUT2D eigenvalue weighted by Gasteiger charge is 2.46. The molecule has 0 bridgehead atoms. The Morgan fingerprint density at radius 2 is 2.15 bits per heavy atom. The quantitative estimate of drug-likeness (QED) is 0.426. The van der Waals surface area contributed by atoms with E-state index >= 15 is 0 Å². The maximum Gasteiger partial charge on any atom is 0.335 e. The van der Waals surface area contributed by atoms with Crippen LogP contribution in [0.5, 0.6) is 0 Å². The fourth-order valence-electron chi connectivity index (χ4n) is 4.27. The molecule has 3 heterocycles. The molecule has 1 aliphatic heterocycles. The zero-order valence-electron chi connectivity index (χ0n) is 18.6. The minimum absolute atomic E-state index is 0.0918. The van der Waals surface area contributed by atoms with Gasteiger partial charge in [0, 0.05) is 57.4 Å². The number of alkyl halides is 1. The Hall–Kier alpha value is -2.45. The number of carbonyl (C=O) groups excluding carboxylic acids is 1. The van der Waals surface area contributed by atoms with E-state index in [0.717, 1.165) is 39.6 Å². The van der Waals surface area contributed by atoms with Gasteiger partial charge in [-0.3, -0.25) is 8.98 Å². The van der Waals surface area contributed by atoms with Gasteiger partial charge in [-0.2, -0.15) is 13.1 Å². The normalized spacial score (nSPS) is 26.0. The van der Waals surface area contributed by atoms with Crippen LogP contribution < -0.4 is 10.0 Å². The minimum Gasteiger partial charge on any atom is -0.387 e. The largest absolute Gasteiger partial charge is 0.387 e. The number of ether oxygens (including phenoxy) is 1. The first kappa shape index (κ1) is 24.7. The molecule has 4 atom stereocenters. The molecule has 11 nitrogen and oxygen atoms in total. The topological polar surface area (TPSA) is 145 Å². The monoisotopic (exact) mass is 497 g/mol. The van der Waals surface area contributed by atoms with Gasteiger partial charge in [0.2, 0.25) is 0 Å². The number of hydrogen-bond acceptors (Lipinski definition) is 9. The molecule has 0 unspecified atom stereocenters. The SMILES string of the molecule is CNS(=O)(=O)O[C@@H]1C[C@@H](Nc2ncncc2C(=O)c2ccn(CC3CCOCC3)c2)[C@@H](F)[C@@H]1O. The van der Waals surface area contributed by atoms with E-state index in [9.17, 15) is 22.7 Å². The molecule has 2 fully saturated rings. The highest BCUT2D eigenvalue weighted by atomic mass is 32.2. The Kier molecular flexibility index (Phi) is 7.57. The van der Waals surface area contributed by atoms with Gasteiger partial charge < -0.3 is 19.7 Å². The highest BCUT2D eigenvalue weighted by Crippen LogP contribution is 2.30. The van der Waals surface area contributed by atoms with Crippen LogP contribution in [0.1, 0.15) is 35.2 Å². The summed E-state index contributed by atoms with van der Waals surface area (Å²) in [4.78, 5) is 21.2. The van der Waals surface area contributed by atoms with E-state index in [2.05, 4.69) is 15.3 Å². The van der Waals surface area contributed by atoms with Gasteiger partial charge >= 0.3 is 10.3 Å². The van der Waals surface area contributed by atoms with Crippen molar-refractivity contribution in [3.8, 4) is 0 Å². The molecule has 1 saturated heterocycles. The standard InChI is InChI=1S/C21H28FN5O6S/c1-23-34(30,31)33-17-8-16(18(22)20(17)29)26-21-15(9-24-12-25-21)19(28)14-2-5-27(11-14)10-13-3-6-32-7-4-13/h2,5,9,11-13,16-18,20,23,29H,3-4,6-8,10H2,1H3,(H,24,25,26)/t16-,17-,18-,20-/m1/s1. The minimum atomic E-state index is -4.12. The first-order valence-electron chi connectivity index (χ1n) is 11.1. The van der Waals surface area contributed by atoms with Crippen molar-refractivity contribution in [2.45, 2.75) is 50.2 Å². The van der Waals surface area contributed by atoms with Gasteiger partial charge in [-0.25, -0.2) is 14.4 Å². The molecule has 4 rings (SSSR count). The average molecular weight is 498 g/mol. The van der Waals surface area contributed by atoms with Crippen molar-refractivity contribution in [2.75, 3.05) is 25.6 Å². The molecule has 2 aliphatic rings. The Balaban J connectivity index is 1.46. The van der Waals surface area contributed by atoms with Crippen molar-refractivity contribution in [3.63, 3.8) is 0 Å². The molecule has 186 valence electrons. The fourth-order valence-corrected chi connectivity index (χ4v) is 4.88. The van der Waals surface area contributed by atoms with Crippen molar-refractivity contribution >= 4 is 21.9 Å². The van der Waals surface area contributed by atoms with Gasteiger partial charge in [-0.05, 0) is 24.8 Å². The van der Waals surface area contributed by atoms with E-state index < -0.39 is 34.7 Å². The van der Waals surface area contributed by atoms with Gasteiger partial charge in [-0.1, -0.05) is 0 Å². The third-order valence-electron chi connectivity index (χ3n) is 6.18. The molecule has 3 N–H and O–H groups in total. The molecule has 0 amide bonds. The van der Waals surface area contributed by atoms with E-state index in [1.165, 1.54) is 12.5 Å². The van der Waals surface area contributed by atoms with Crippen molar-refractivity contribution in [3.05, 3.63) is 42.1 Å². The average Bonchev–Trinajstić information content (AvgIpc) is 3.40. The zero-order valence-corrected chi connectivity index (χ0v) is 19.4. The van der Waals surface area contributed by atoms with Crippen molar-refractivity contribution in [1.82, 2.24) is 19.3 Å². The first-order chi connectivity index (χ1) is 16.3. The number of aliphatic hydroxyl groups is 1.